The van der Waals surface area contributed by atoms with Crippen molar-refractivity contribution in [3.63, 3.8) is 0 Å². The first-order valence-corrected chi connectivity index (χ1v) is 10.5. The van der Waals surface area contributed by atoms with Gasteiger partial charge in [0.05, 0.1) is 13.2 Å². The highest BCUT2D eigenvalue weighted by atomic mass is 16.6. The summed E-state index contributed by atoms with van der Waals surface area (Å²) in [5.74, 6) is -2.35. The quantitative estimate of drug-likeness (QED) is 0.525. The van der Waals surface area contributed by atoms with Crippen molar-refractivity contribution in [3.05, 3.63) is 35.9 Å². The Kier molecular flexibility index (Phi) is 8.19. The molecule has 1 aromatic carbocycles. The Hall–Kier alpha value is -2.90. The molecule has 1 aliphatic heterocycles. The minimum Gasteiger partial charge on any atom is -0.463 e. The van der Waals surface area contributed by atoms with Crippen LogP contribution < -0.4 is 5.32 Å². The van der Waals surface area contributed by atoms with Gasteiger partial charge in [-0.05, 0) is 39.2 Å². The van der Waals surface area contributed by atoms with Crippen LogP contribution in [0.5, 0.6) is 0 Å². The molecule has 0 aromatic heterocycles. The van der Waals surface area contributed by atoms with Crippen molar-refractivity contribution in [1.82, 2.24) is 10.2 Å². The van der Waals surface area contributed by atoms with Gasteiger partial charge in [0.15, 0.2) is 0 Å². The predicted molar refractivity (Wildman–Crippen MR) is 114 cm³/mol. The number of carbonyl (C=O) groups excluding carboxylic acids is 4. The minimum atomic E-state index is -1.00. The summed E-state index contributed by atoms with van der Waals surface area (Å²) in [4.78, 5) is 51.4. The molecule has 1 aromatic rings. The highest BCUT2D eigenvalue weighted by Crippen LogP contribution is 2.33. The molecule has 31 heavy (non-hydrogen) atoms. The van der Waals surface area contributed by atoms with E-state index in [1.807, 2.05) is 37.3 Å². The van der Waals surface area contributed by atoms with Gasteiger partial charge >= 0.3 is 12.1 Å². The van der Waals surface area contributed by atoms with E-state index < -0.39 is 41.4 Å². The zero-order chi connectivity index (χ0) is 23.2. The van der Waals surface area contributed by atoms with E-state index in [1.165, 1.54) is 4.90 Å². The van der Waals surface area contributed by atoms with Gasteiger partial charge in [-0.3, -0.25) is 14.5 Å². The highest BCUT2D eigenvalue weighted by molar-refractivity contribution is 6.36. The Morgan fingerprint density at radius 2 is 1.81 bits per heavy atom. The molecule has 0 bridgehead atoms. The van der Waals surface area contributed by atoms with E-state index in [0.29, 0.717) is 25.8 Å². The van der Waals surface area contributed by atoms with E-state index in [4.69, 9.17) is 4.74 Å². The van der Waals surface area contributed by atoms with Gasteiger partial charge in [0.1, 0.15) is 11.6 Å². The van der Waals surface area contributed by atoms with Crippen LogP contribution in [0.1, 0.15) is 58.4 Å². The van der Waals surface area contributed by atoms with Gasteiger partial charge in [-0.2, -0.15) is 0 Å². The number of hydrogen-bond donors (Lipinski definition) is 1. The molecule has 0 radical (unpaired) electrons. The summed E-state index contributed by atoms with van der Waals surface area (Å²) in [6, 6.07) is 7.82. The van der Waals surface area contributed by atoms with Gasteiger partial charge in [-0.1, -0.05) is 43.7 Å². The number of amides is 2. The molecule has 2 rings (SSSR count). The van der Waals surface area contributed by atoms with E-state index in [2.05, 4.69) is 10.1 Å². The predicted octanol–water partition coefficient (Wildman–Crippen LogP) is 2.81. The van der Waals surface area contributed by atoms with Crippen molar-refractivity contribution in [2.24, 2.45) is 0 Å². The Bertz CT molecular complexity index is 802. The normalized spacial score (nSPS) is 19.5. The first-order valence-electron chi connectivity index (χ1n) is 10.5. The van der Waals surface area contributed by atoms with Gasteiger partial charge in [-0.25, -0.2) is 9.59 Å². The van der Waals surface area contributed by atoms with Crippen molar-refractivity contribution in [3.8, 4) is 0 Å². The summed E-state index contributed by atoms with van der Waals surface area (Å²) in [6.45, 7) is 7.45. The standard InChI is InChI=1S/C23H32N2O6/c1-6-10-17(19(26)21(28)30-5)24-20(27)18-13-16(15-11-8-7-9-12-15)14-25(18)22(29)31-23(2,3)4/h7-9,11-12,16-18H,6,10,13-14H2,1-5H3,(H,24,27). The van der Waals surface area contributed by atoms with Crippen LogP contribution in [0.4, 0.5) is 4.79 Å². The van der Waals surface area contributed by atoms with Crippen LogP contribution in [0.3, 0.4) is 0 Å². The summed E-state index contributed by atoms with van der Waals surface area (Å²) in [6.07, 6.45) is 0.680. The van der Waals surface area contributed by atoms with Crippen LogP contribution in [-0.4, -0.2) is 60.0 Å². The van der Waals surface area contributed by atoms with Crippen molar-refractivity contribution >= 4 is 23.8 Å². The fourth-order valence-electron chi connectivity index (χ4n) is 3.64. The summed E-state index contributed by atoms with van der Waals surface area (Å²) in [5.41, 5.74) is 0.302. The smallest absolute Gasteiger partial charge is 0.410 e. The number of hydrogen-bond acceptors (Lipinski definition) is 6. The van der Waals surface area contributed by atoms with Crippen molar-refractivity contribution in [2.75, 3.05) is 13.7 Å². The summed E-state index contributed by atoms with van der Waals surface area (Å²) in [7, 11) is 1.12. The molecule has 1 fully saturated rings. The third-order valence-electron chi connectivity index (χ3n) is 5.10. The summed E-state index contributed by atoms with van der Waals surface area (Å²) < 4.78 is 10.0. The van der Waals surface area contributed by atoms with Gasteiger partial charge in [-0.15, -0.1) is 0 Å². The fourth-order valence-corrected chi connectivity index (χ4v) is 3.64. The molecule has 0 saturated carbocycles. The highest BCUT2D eigenvalue weighted by Gasteiger charge is 2.43. The number of ether oxygens (including phenoxy) is 2. The molecular formula is C23H32N2O6. The number of ketones is 1. The molecule has 3 unspecified atom stereocenters. The SMILES string of the molecule is CCCC(NC(=O)C1CC(c2ccccc2)CN1C(=O)OC(C)(C)C)C(=O)C(=O)OC. The molecule has 1 N–H and O–H groups in total. The van der Waals surface area contributed by atoms with Gasteiger partial charge < -0.3 is 14.8 Å². The Morgan fingerprint density at radius 3 is 2.35 bits per heavy atom. The van der Waals surface area contributed by atoms with E-state index in [0.717, 1.165) is 12.7 Å². The molecule has 0 spiro atoms. The maximum absolute atomic E-state index is 13.1. The molecule has 1 heterocycles. The fraction of sp³-hybridized carbons (Fsp3) is 0.565. The zero-order valence-electron chi connectivity index (χ0n) is 18.8. The number of rotatable bonds is 7. The Morgan fingerprint density at radius 1 is 1.16 bits per heavy atom. The monoisotopic (exact) mass is 432 g/mol. The maximum atomic E-state index is 13.1. The van der Waals surface area contributed by atoms with E-state index in [-0.39, 0.29) is 5.92 Å². The van der Waals surface area contributed by atoms with Crippen LogP contribution in [-0.2, 0) is 23.9 Å². The molecule has 170 valence electrons. The number of nitrogens with zero attached hydrogens (tertiary/aromatic N) is 1. The molecule has 1 saturated heterocycles. The van der Waals surface area contributed by atoms with Crippen LogP contribution in [0.25, 0.3) is 0 Å². The maximum Gasteiger partial charge on any atom is 0.410 e. The molecular weight excluding hydrogens is 400 g/mol. The van der Waals surface area contributed by atoms with Gasteiger partial charge in [0.2, 0.25) is 5.91 Å². The van der Waals surface area contributed by atoms with E-state index >= 15 is 0 Å². The number of carbonyl (C=O) groups is 4. The topological polar surface area (TPSA) is 102 Å². The molecule has 3 atom stereocenters. The lowest BCUT2D eigenvalue weighted by molar-refractivity contribution is -0.153. The van der Waals surface area contributed by atoms with E-state index in [9.17, 15) is 19.2 Å². The third kappa shape index (κ3) is 6.54. The van der Waals surface area contributed by atoms with Crippen LogP contribution in [0.2, 0.25) is 0 Å². The average Bonchev–Trinajstić information content (AvgIpc) is 3.17. The largest absolute Gasteiger partial charge is 0.463 e. The first kappa shape index (κ1) is 24.4. The molecule has 0 aliphatic carbocycles. The summed E-state index contributed by atoms with van der Waals surface area (Å²) >= 11 is 0. The number of esters is 1. The molecule has 8 nitrogen and oxygen atoms in total. The Balaban J connectivity index is 2.24. The second-order valence-corrected chi connectivity index (χ2v) is 8.70. The molecule has 8 heteroatoms. The molecule has 2 amide bonds. The van der Waals surface area contributed by atoms with Gasteiger partial charge in [0, 0.05) is 12.5 Å². The Labute approximate surface area is 183 Å². The van der Waals surface area contributed by atoms with E-state index in [1.54, 1.807) is 20.8 Å². The van der Waals surface area contributed by atoms with Crippen LogP contribution in [0, 0.1) is 0 Å². The molecule has 1 aliphatic rings. The summed E-state index contributed by atoms with van der Waals surface area (Å²) in [5, 5.41) is 2.66. The van der Waals surface area contributed by atoms with Crippen molar-refractivity contribution in [2.45, 2.75) is 70.6 Å². The zero-order valence-corrected chi connectivity index (χ0v) is 18.8. The number of Topliss-reactive ketones (excluding diaryl/α,β-unsaturated/α-hetero) is 1. The average molecular weight is 433 g/mol. The number of likely N-dealkylation sites (tertiary alicyclic amines) is 1. The lowest BCUT2D eigenvalue weighted by Gasteiger charge is -2.28. The van der Waals surface area contributed by atoms with Crippen molar-refractivity contribution in [1.29, 1.82) is 0 Å². The van der Waals surface area contributed by atoms with Crippen molar-refractivity contribution < 1.29 is 28.7 Å². The lowest BCUT2D eigenvalue weighted by atomic mass is 9.96. The van der Waals surface area contributed by atoms with Crippen LogP contribution >= 0.6 is 0 Å². The minimum absolute atomic E-state index is 0.0506. The number of benzene rings is 1. The number of nitrogens with one attached hydrogen (secondary N) is 1. The van der Waals surface area contributed by atoms with Gasteiger partial charge in [0.25, 0.3) is 5.78 Å². The third-order valence-corrected chi connectivity index (χ3v) is 5.10. The first-order chi connectivity index (χ1) is 14.6. The second kappa shape index (κ2) is 10.4. The van der Waals surface area contributed by atoms with Crippen LogP contribution in [0.15, 0.2) is 30.3 Å². The lowest BCUT2D eigenvalue weighted by Crippen LogP contribution is -2.52. The number of methoxy groups -OCH3 is 1. The second-order valence-electron chi connectivity index (χ2n) is 8.70.